The molecule has 1 amide bonds. The van der Waals surface area contributed by atoms with Crippen LogP contribution in [0.2, 0.25) is 5.02 Å². The fourth-order valence-electron chi connectivity index (χ4n) is 4.76. The number of nitrogens with one attached hydrogen (secondary N) is 2. The summed E-state index contributed by atoms with van der Waals surface area (Å²) < 4.78 is 5.55. The van der Waals surface area contributed by atoms with Gasteiger partial charge in [-0.15, -0.1) is 12.4 Å². The van der Waals surface area contributed by atoms with E-state index in [9.17, 15) is 4.79 Å². The van der Waals surface area contributed by atoms with Crippen molar-refractivity contribution in [3.05, 3.63) is 64.7 Å². The Morgan fingerprint density at radius 2 is 1.72 bits per heavy atom. The number of carbonyl (C=O) groups excluding carboxylic acids is 1. The number of benzene rings is 2. The molecule has 0 aromatic heterocycles. The number of amides is 1. The zero-order valence-corrected chi connectivity index (χ0v) is 18.1. The molecule has 0 spiro atoms. The fourth-order valence-corrected chi connectivity index (χ4v) is 5.01. The summed E-state index contributed by atoms with van der Waals surface area (Å²) in [4.78, 5) is 13.0. The average Bonchev–Trinajstić information content (AvgIpc) is 3.05. The predicted octanol–water partition coefficient (Wildman–Crippen LogP) is 4.90. The van der Waals surface area contributed by atoms with Crippen molar-refractivity contribution in [2.24, 2.45) is 5.92 Å². The molecule has 3 atom stereocenters. The Morgan fingerprint density at radius 1 is 1.10 bits per heavy atom. The lowest BCUT2D eigenvalue weighted by Crippen LogP contribution is -2.40. The van der Waals surface area contributed by atoms with E-state index in [4.69, 9.17) is 16.3 Å². The molecule has 2 aliphatic heterocycles. The summed E-state index contributed by atoms with van der Waals surface area (Å²) in [7, 11) is 1.65. The standard InChI is InChI=1S/C23H27ClN2O2.ClH/c1-28-21-9-5-3-7-19(21)23(18-6-2-4-8-20(18)24)26-22(27)14-15-12-16-10-11-17(13-15)25-16;/h2-9,15-17,23,25H,10-14H2,1H3,(H,26,27);1H. The molecule has 2 fully saturated rings. The van der Waals surface area contributed by atoms with E-state index in [2.05, 4.69) is 10.6 Å². The second-order valence-corrected chi connectivity index (χ2v) is 8.35. The Kier molecular flexibility index (Phi) is 7.44. The minimum Gasteiger partial charge on any atom is -0.496 e. The smallest absolute Gasteiger partial charge is 0.221 e. The number of piperidine rings is 1. The van der Waals surface area contributed by atoms with Gasteiger partial charge in [0, 0.05) is 29.1 Å². The van der Waals surface area contributed by atoms with Crippen molar-refractivity contribution in [3.8, 4) is 5.75 Å². The number of halogens is 2. The number of rotatable bonds is 6. The summed E-state index contributed by atoms with van der Waals surface area (Å²) in [5.74, 6) is 1.26. The molecule has 3 unspecified atom stereocenters. The van der Waals surface area contributed by atoms with Crippen LogP contribution in [0.5, 0.6) is 5.75 Å². The van der Waals surface area contributed by atoms with E-state index in [1.54, 1.807) is 7.11 Å². The maximum Gasteiger partial charge on any atom is 0.221 e. The van der Waals surface area contributed by atoms with Crippen LogP contribution in [0.25, 0.3) is 0 Å². The molecule has 2 saturated heterocycles. The van der Waals surface area contributed by atoms with Crippen LogP contribution in [0.4, 0.5) is 0 Å². The molecule has 2 bridgehead atoms. The normalized spacial score (nSPS) is 23.7. The molecule has 0 aliphatic carbocycles. The molecular weight excluding hydrogens is 407 g/mol. The fraction of sp³-hybridized carbons (Fsp3) is 0.435. The van der Waals surface area contributed by atoms with Crippen molar-refractivity contribution in [1.29, 1.82) is 0 Å². The SMILES string of the molecule is COc1ccccc1C(NC(=O)CC1CC2CCC(C1)N2)c1ccccc1Cl.Cl. The van der Waals surface area contributed by atoms with Gasteiger partial charge in [0.25, 0.3) is 0 Å². The highest BCUT2D eigenvalue weighted by atomic mass is 35.5. The van der Waals surface area contributed by atoms with Crippen LogP contribution in [0.3, 0.4) is 0 Å². The van der Waals surface area contributed by atoms with Gasteiger partial charge in [0.05, 0.1) is 13.2 Å². The van der Waals surface area contributed by atoms with Crippen molar-refractivity contribution < 1.29 is 9.53 Å². The first-order valence-electron chi connectivity index (χ1n) is 10.1. The van der Waals surface area contributed by atoms with Gasteiger partial charge in [-0.1, -0.05) is 48.0 Å². The van der Waals surface area contributed by atoms with Crippen LogP contribution in [0, 0.1) is 5.92 Å². The number of ether oxygens (including phenoxy) is 1. The Morgan fingerprint density at radius 3 is 2.38 bits per heavy atom. The van der Waals surface area contributed by atoms with Crippen LogP contribution in [0.15, 0.2) is 48.5 Å². The minimum atomic E-state index is -0.337. The maximum absolute atomic E-state index is 13.0. The molecule has 2 heterocycles. The van der Waals surface area contributed by atoms with Crippen molar-refractivity contribution in [3.63, 3.8) is 0 Å². The summed E-state index contributed by atoms with van der Waals surface area (Å²) in [6.45, 7) is 0. The second-order valence-electron chi connectivity index (χ2n) is 7.94. The summed E-state index contributed by atoms with van der Waals surface area (Å²) in [5.41, 5.74) is 1.80. The van der Waals surface area contributed by atoms with Gasteiger partial charge in [-0.2, -0.15) is 0 Å². The summed E-state index contributed by atoms with van der Waals surface area (Å²) >= 11 is 6.49. The molecule has 156 valence electrons. The van der Waals surface area contributed by atoms with Gasteiger partial charge in [0.15, 0.2) is 0 Å². The number of fused-ring (bicyclic) bond motifs is 2. The van der Waals surface area contributed by atoms with E-state index in [1.165, 1.54) is 12.8 Å². The van der Waals surface area contributed by atoms with Crippen molar-refractivity contribution >= 4 is 29.9 Å². The van der Waals surface area contributed by atoms with Gasteiger partial charge >= 0.3 is 0 Å². The Bertz CT molecular complexity index is 833. The first kappa shape index (κ1) is 21.9. The van der Waals surface area contributed by atoms with Crippen LogP contribution < -0.4 is 15.4 Å². The first-order chi connectivity index (χ1) is 13.6. The third-order valence-corrected chi connectivity index (χ3v) is 6.36. The molecule has 0 saturated carbocycles. The number of methoxy groups -OCH3 is 1. The largest absolute Gasteiger partial charge is 0.496 e. The monoisotopic (exact) mass is 434 g/mol. The van der Waals surface area contributed by atoms with Gasteiger partial charge < -0.3 is 15.4 Å². The molecule has 2 aliphatic rings. The van der Waals surface area contributed by atoms with Gasteiger partial charge in [-0.05, 0) is 49.3 Å². The van der Waals surface area contributed by atoms with Gasteiger partial charge in [-0.3, -0.25) is 4.79 Å². The van der Waals surface area contributed by atoms with E-state index in [0.717, 1.165) is 29.7 Å². The summed E-state index contributed by atoms with van der Waals surface area (Å²) in [5, 5.41) is 7.52. The lowest BCUT2D eigenvalue weighted by Gasteiger charge is -2.29. The molecule has 2 aromatic carbocycles. The summed E-state index contributed by atoms with van der Waals surface area (Å²) in [6.07, 6.45) is 5.23. The molecule has 4 rings (SSSR count). The lowest BCUT2D eigenvalue weighted by molar-refractivity contribution is -0.122. The van der Waals surface area contributed by atoms with Crippen LogP contribution >= 0.6 is 24.0 Å². The van der Waals surface area contributed by atoms with Gasteiger partial charge in [0.1, 0.15) is 5.75 Å². The quantitative estimate of drug-likeness (QED) is 0.679. The number of para-hydroxylation sites is 1. The molecule has 2 aromatic rings. The van der Waals surface area contributed by atoms with Crippen LogP contribution in [-0.4, -0.2) is 25.1 Å². The van der Waals surface area contributed by atoms with E-state index in [1.807, 2.05) is 48.5 Å². The third kappa shape index (κ3) is 5.06. The van der Waals surface area contributed by atoms with Crippen molar-refractivity contribution in [1.82, 2.24) is 10.6 Å². The van der Waals surface area contributed by atoms with Crippen molar-refractivity contribution in [2.45, 2.75) is 50.2 Å². The van der Waals surface area contributed by atoms with E-state index in [-0.39, 0.29) is 24.4 Å². The minimum absolute atomic E-state index is 0. The van der Waals surface area contributed by atoms with Crippen LogP contribution in [0.1, 0.15) is 49.3 Å². The van der Waals surface area contributed by atoms with E-state index in [0.29, 0.717) is 29.4 Å². The number of carbonyl (C=O) groups is 1. The number of hydrogen-bond acceptors (Lipinski definition) is 3. The van der Waals surface area contributed by atoms with Gasteiger partial charge in [0.2, 0.25) is 5.91 Å². The van der Waals surface area contributed by atoms with Crippen molar-refractivity contribution in [2.75, 3.05) is 7.11 Å². The first-order valence-corrected chi connectivity index (χ1v) is 10.4. The molecular formula is C23H28Cl2N2O2. The second kappa shape index (κ2) is 9.84. The molecule has 29 heavy (non-hydrogen) atoms. The Labute approximate surface area is 183 Å². The van der Waals surface area contributed by atoms with E-state index >= 15 is 0 Å². The molecule has 6 heteroatoms. The Balaban J connectivity index is 0.00000240. The zero-order chi connectivity index (χ0) is 19.5. The highest BCUT2D eigenvalue weighted by Crippen LogP contribution is 2.35. The average molecular weight is 435 g/mol. The molecule has 4 nitrogen and oxygen atoms in total. The van der Waals surface area contributed by atoms with E-state index < -0.39 is 0 Å². The maximum atomic E-state index is 13.0. The predicted molar refractivity (Wildman–Crippen MR) is 119 cm³/mol. The Hall–Kier alpha value is -1.75. The molecule has 0 radical (unpaired) electrons. The highest BCUT2D eigenvalue weighted by molar-refractivity contribution is 6.31. The zero-order valence-electron chi connectivity index (χ0n) is 16.6. The highest BCUT2D eigenvalue weighted by Gasteiger charge is 2.34. The lowest BCUT2D eigenvalue weighted by atomic mass is 9.89. The number of hydrogen-bond donors (Lipinski definition) is 2. The third-order valence-electron chi connectivity index (χ3n) is 6.02. The molecule has 2 N–H and O–H groups in total. The van der Waals surface area contributed by atoms with Crippen LogP contribution in [-0.2, 0) is 4.79 Å². The topological polar surface area (TPSA) is 50.4 Å². The van der Waals surface area contributed by atoms with Gasteiger partial charge in [-0.25, -0.2) is 0 Å². The summed E-state index contributed by atoms with van der Waals surface area (Å²) in [6, 6.07) is 16.3.